The van der Waals surface area contributed by atoms with Gasteiger partial charge in [-0.2, -0.15) is 13.2 Å². The van der Waals surface area contributed by atoms with Gasteiger partial charge < -0.3 is 0 Å². The fourth-order valence-corrected chi connectivity index (χ4v) is 1.66. The van der Waals surface area contributed by atoms with E-state index >= 15 is 0 Å². The van der Waals surface area contributed by atoms with Gasteiger partial charge in [0.25, 0.3) is 0 Å². The summed E-state index contributed by atoms with van der Waals surface area (Å²) in [6, 6.07) is 5.05. The summed E-state index contributed by atoms with van der Waals surface area (Å²) in [5.41, 5.74) is -0.274. The highest BCUT2D eigenvalue weighted by Crippen LogP contribution is 2.29. The number of alkyl halides is 3. The summed E-state index contributed by atoms with van der Waals surface area (Å²) in [5.74, 6) is 0.739. The second-order valence-corrected chi connectivity index (χ2v) is 4.09. The van der Waals surface area contributed by atoms with Crippen LogP contribution in [0, 0.1) is 0 Å². The predicted octanol–water partition coefficient (Wildman–Crippen LogP) is 1.23. The molecular formula is C12H14F3N4+. The third kappa shape index (κ3) is 3.46. The van der Waals surface area contributed by atoms with Crippen molar-refractivity contribution >= 4 is 12.2 Å². The molecule has 1 saturated heterocycles. The van der Waals surface area contributed by atoms with Crippen LogP contribution in [-0.4, -0.2) is 37.0 Å². The molecule has 2 N–H and O–H groups in total. The van der Waals surface area contributed by atoms with Gasteiger partial charge in [-0.3, -0.25) is 10.6 Å². The third-order valence-electron chi connectivity index (χ3n) is 2.63. The Morgan fingerprint density at radius 3 is 2.58 bits per heavy atom. The van der Waals surface area contributed by atoms with Gasteiger partial charge in [-0.1, -0.05) is 12.1 Å². The molecule has 0 bridgehead atoms. The molecule has 0 radical (unpaired) electrons. The molecule has 0 atom stereocenters. The number of nitrogens with zero attached hydrogens (tertiary/aromatic N) is 2. The lowest BCUT2D eigenvalue weighted by Gasteiger charge is -2.06. The first-order valence-corrected chi connectivity index (χ1v) is 5.76. The number of hydrogen-bond acceptors (Lipinski definition) is 1. The van der Waals surface area contributed by atoms with Crippen LogP contribution in [0.15, 0.2) is 29.4 Å². The molecule has 4 nitrogen and oxygen atoms in total. The maximum atomic E-state index is 12.5. The Hall–Kier alpha value is -2.05. The van der Waals surface area contributed by atoms with Crippen LogP contribution in [0.5, 0.6) is 0 Å². The largest absolute Gasteiger partial charge is 0.416 e. The lowest BCUT2D eigenvalue weighted by molar-refractivity contribution is -0.505. The highest BCUT2D eigenvalue weighted by atomic mass is 19.4. The van der Waals surface area contributed by atoms with Crippen molar-refractivity contribution < 1.29 is 17.9 Å². The molecule has 0 aromatic heterocycles. The van der Waals surface area contributed by atoms with Gasteiger partial charge in [0.1, 0.15) is 0 Å². The maximum Gasteiger partial charge on any atom is 0.416 e. The SMILES string of the molecule is C[N+](/N=C/c1cccc(C(F)(F)F)c1)=C1NCCN1. The van der Waals surface area contributed by atoms with Gasteiger partial charge in [0, 0.05) is 0 Å². The van der Waals surface area contributed by atoms with Crippen molar-refractivity contribution in [2.24, 2.45) is 5.10 Å². The predicted molar refractivity (Wildman–Crippen MR) is 66.2 cm³/mol. The van der Waals surface area contributed by atoms with Crippen molar-refractivity contribution in [1.29, 1.82) is 0 Å². The summed E-state index contributed by atoms with van der Waals surface area (Å²) in [4.78, 5) is 0. The minimum atomic E-state index is -4.33. The average molecular weight is 271 g/mol. The second-order valence-electron chi connectivity index (χ2n) is 4.09. The summed E-state index contributed by atoms with van der Waals surface area (Å²) in [6.07, 6.45) is -2.94. The van der Waals surface area contributed by atoms with Gasteiger partial charge in [-0.25, -0.2) is 0 Å². The molecule has 1 aliphatic rings. The van der Waals surface area contributed by atoms with Crippen molar-refractivity contribution in [3.05, 3.63) is 35.4 Å². The summed E-state index contributed by atoms with van der Waals surface area (Å²) < 4.78 is 39.1. The number of guanidine groups is 1. The normalized spacial score (nSPS) is 15.5. The summed E-state index contributed by atoms with van der Waals surface area (Å²) in [7, 11) is 1.71. The molecule has 102 valence electrons. The number of hydrazone groups is 1. The van der Waals surface area contributed by atoms with Crippen molar-refractivity contribution in [3.63, 3.8) is 0 Å². The second kappa shape index (κ2) is 5.29. The molecule has 0 aliphatic carbocycles. The fraction of sp³-hybridized carbons (Fsp3) is 0.333. The van der Waals surface area contributed by atoms with E-state index < -0.39 is 11.7 Å². The Morgan fingerprint density at radius 2 is 1.95 bits per heavy atom. The van der Waals surface area contributed by atoms with Crippen molar-refractivity contribution in [2.45, 2.75) is 6.18 Å². The first kappa shape index (κ1) is 13.4. The standard InChI is InChI=1S/C12H13F3N4/c1-19(11-16-5-6-17-11)18-8-9-3-2-4-10(7-9)12(13,14)15/h2-4,7-8H,5-6H2,1H3,(H,16,17)/p+1/b18-8+. The lowest BCUT2D eigenvalue weighted by atomic mass is 10.1. The zero-order valence-corrected chi connectivity index (χ0v) is 10.3. The molecule has 1 heterocycles. The van der Waals surface area contributed by atoms with Gasteiger partial charge in [0.05, 0.1) is 31.9 Å². The number of hydrogen-bond donors (Lipinski definition) is 2. The number of halogens is 3. The Morgan fingerprint density at radius 1 is 1.26 bits per heavy atom. The monoisotopic (exact) mass is 271 g/mol. The van der Waals surface area contributed by atoms with Gasteiger partial charge in [-0.15, -0.1) is 9.79 Å². The number of rotatable bonds is 2. The van der Waals surface area contributed by atoms with Crippen LogP contribution >= 0.6 is 0 Å². The quantitative estimate of drug-likeness (QED) is 0.482. The van der Waals surface area contributed by atoms with Gasteiger partial charge >= 0.3 is 12.1 Å². The maximum absolute atomic E-state index is 12.5. The first-order valence-electron chi connectivity index (χ1n) is 5.76. The summed E-state index contributed by atoms with van der Waals surface area (Å²) in [6.45, 7) is 1.61. The van der Waals surface area contributed by atoms with E-state index in [1.54, 1.807) is 17.8 Å². The topological polar surface area (TPSA) is 39.4 Å². The molecular weight excluding hydrogens is 257 g/mol. The highest BCUT2D eigenvalue weighted by molar-refractivity contribution is 5.80. The van der Waals surface area contributed by atoms with Gasteiger partial charge in [0.2, 0.25) is 0 Å². The van der Waals surface area contributed by atoms with E-state index in [0.717, 1.165) is 31.2 Å². The summed E-state index contributed by atoms with van der Waals surface area (Å²) in [5, 5.41) is 10.2. The molecule has 1 aliphatic heterocycles. The molecule has 19 heavy (non-hydrogen) atoms. The van der Waals surface area contributed by atoms with Crippen LogP contribution in [0.1, 0.15) is 11.1 Å². The average Bonchev–Trinajstić information content (AvgIpc) is 2.89. The number of benzene rings is 1. The minimum absolute atomic E-state index is 0.403. The number of nitrogens with one attached hydrogen (secondary N) is 2. The van der Waals surface area contributed by atoms with E-state index in [0.29, 0.717) is 5.56 Å². The molecule has 0 unspecified atom stereocenters. The lowest BCUT2D eigenvalue weighted by Crippen LogP contribution is -2.31. The van der Waals surface area contributed by atoms with E-state index in [4.69, 9.17) is 0 Å². The zero-order chi connectivity index (χ0) is 13.9. The molecule has 2 rings (SSSR count). The molecule has 7 heteroatoms. The first-order chi connectivity index (χ1) is 8.97. The van der Waals surface area contributed by atoms with Crippen LogP contribution in [-0.2, 0) is 6.18 Å². The minimum Gasteiger partial charge on any atom is -0.273 e. The Kier molecular flexibility index (Phi) is 3.73. The van der Waals surface area contributed by atoms with E-state index in [2.05, 4.69) is 15.7 Å². The Bertz CT molecular complexity index is 512. The molecule has 0 spiro atoms. The fourth-order valence-electron chi connectivity index (χ4n) is 1.66. The van der Waals surface area contributed by atoms with E-state index in [1.807, 2.05) is 0 Å². The van der Waals surface area contributed by atoms with Crippen molar-refractivity contribution in [2.75, 3.05) is 20.1 Å². The van der Waals surface area contributed by atoms with Gasteiger partial charge in [-0.05, 0) is 17.7 Å². The van der Waals surface area contributed by atoms with E-state index in [1.165, 1.54) is 12.3 Å². The Labute approximate surface area is 108 Å². The van der Waals surface area contributed by atoms with Crippen LogP contribution in [0.2, 0.25) is 0 Å². The highest BCUT2D eigenvalue weighted by Gasteiger charge is 2.30. The molecule has 1 fully saturated rings. The van der Waals surface area contributed by atoms with Crippen LogP contribution in [0.3, 0.4) is 0 Å². The smallest absolute Gasteiger partial charge is 0.273 e. The molecule has 1 aromatic rings. The Balaban J connectivity index is 2.17. The van der Waals surface area contributed by atoms with Crippen LogP contribution in [0.4, 0.5) is 13.2 Å². The molecule has 1 aromatic carbocycles. The summed E-state index contributed by atoms with van der Waals surface area (Å²) >= 11 is 0. The molecule has 0 amide bonds. The van der Waals surface area contributed by atoms with Crippen molar-refractivity contribution in [3.8, 4) is 0 Å². The molecule has 0 saturated carbocycles. The van der Waals surface area contributed by atoms with E-state index in [9.17, 15) is 13.2 Å². The van der Waals surface area contributed by atoms with E-state index in [-0.39, 0.29) is 0 Å². The van der Waals surface area contributed by atoms with Gasteiger partial charge in [0.15, 0.2) is 0 Å². The van der Waals surface area contributed by atoms with Crippen molar-refractivity contribution in [1.82, 2.24) is 10.6 Å². The van der Waals surface area contributed by atoms with Crippen LogP contribution in [0.25, 0.3) is 0 Å². The zero-order valence-electron chi connectivity index (χ0n) is 10.3. The van der Waals surface area contributed by atoms with Crippen LogP contribution < -0.4 is 10.6 Å². The third-order valence-corrected chi connectivity index (χ3v) is 2.63.